The third-order valence-electron chi connectivity index (χ3n) is 5.53. The third-order valence-corrected chi connectivity index (χ3v) is 7.33. The van der Waals surface area contributed by atoms with Gasteiger partial charge in [-0.25, -0.2) is 13.6 Å². The molecule has 0 spiro atoms. The van der Waals surface area contributed by atoms with Crippen LogP contribution in [-0.4, -0.2) is 36.1 Å². The maximum atomic E-state index is 13.5. The molecule has 0 aliphatic heterocycles. The van der Waals surface area contributed by atoms with Crippen molar-refractivity contribution in [2.75, 3.05) is 7.05 Å². The average Bonchev–Trinajstić information content (AvgIpc) is 3.48. The zero-order valence-corrected chi connectivity index (χ0v) is 19.9. The molecule has 2 aromatic heterocycles. The normalized spacial score (nSPS) is 12.5. The van der Waals surface area contributed by atoms with Crippen LogP contribution in [0.3, 0.4) is 0 Å². The molecule has 0 bridgehead atoms. The molecule has 7 nitrogen and oxygen atoms in total. The molecule has 2 heterocycles. The average molecular weight is 481 g/mol. The predicted octanol–water partition coefficient (Wildman–Crippen LogP) is 4.14. The van der Waals surface area contributed by atoms with Crippen molar-refractivity contribution in [3.63, 3.8) is 0 Å². The van der Waals surface area contributed by atoms with Gasteiger partial charge in [-0.3, -0.25) is 9.48 Å². The first-order valence-corrected chi connectivity index (χ1v) is 12.7. The second-order valence-corrected chi connectivity index (χ2v) is 10.3. The van der Waals surface area contributed by atoms with Crippen LogP contribution in [-0.2, 0) is 16.6 Å². The van der Waals surface area contributed by atoms with E-state index in [0.29, 0.717) is 17.8 Å². The van der Waals surface area contributed by atoms with E-state index in [1.54, 1.807) is 35.0 Å². The van der Waals surface area contributed by atoms with Gasteiger partial charge in [0.05, 0.1) is 27.9 Å². The fourth-order valence-corrected chi connectivity index (χ4v) is 4.79. The number of nitrogens with zero attached hydrogens (tertiary/aromatic N) is 3. The highest BCUT2D eigenvalue weighted by atomic mass is 32.2. The molecule has 0 aliphatic carbocycles. The number of amides is 1. The highest BCUT2D eigenvalue weighted by Gasteiger charge is 2.25. The number of thiophene rings is 1. The Bertz CT molecular complexity index is 1350. The number of carbonyl (C=O) groups is 1. The Hall–Kier alpha value is -3.27. The van der Waals surface area contributed by atoms with E-state index in [1.807, 2.05) is 54.8 Å². The van der Waals surface area contributed by atoms with Crippen LogP contribution in [0.5, 0.6) is 0 Å². The Labute approximate surface area is 197 Å². The number of carbonyl (C=O) groups excluding carboxylic acids is 1. The van der Waals surface area contributed by atoms with Gasteiger partial charge in [0.2, 0.25) is 10.0 Å². The fourth-order valence-electron chi connectivity index (χ4n) is 3.55. The smallest absolute Gasteiger partial charge is 0.257 e. The summed E-state index contributed by atoms with van der Waals surface area (Å²) in [6, 6.07) is 19.8. The molecule has 0 aliphatic rings. The topological polar surface area (TPSA) is 98.3 Å². The lowest BCUT2D eigenvalue weighted by molar-refractivity contribution is 0.0743. The summed E-state index contributed by atoms with van der Waals surface area (Å²) >= 11 is 1.53. The van der Waals surface area contributed by atoms with E-state index in [-0.39, 0.29) is 16.8 Å². The third kappa shape index (κ3) is 5.05. The summed E-state index contributed by atoms with van der Waals surface area (Å²) in [5, 5.41) is 11.9. The molecule has 170 valence electrons. The summed E-state index contributed by atoms with van der Waals surface area (Å²) in [7, 11) is -2.04. The van der Waals surface area contributed by atoms with Crippen LogP contribution >= 0.6 is 11.3 Å². The van der Waals surface area contributed by atoms with Gasteiger partial charge in [-0.15, -0.1) is 11.3 Å². The zero-order valence-electron chi connectivity index (χ0n) is 18.3. The number of nitrogens with two attached hydrogens (primary N) is 1. The van der Waals surface area contributed by atoms with Gasteiger partial charge >= 0.3 is 0 Å². The molecule has 0 saturated heterocycles. The van der Waals surface area contributed by atoms with Gasteiger partial charge in [0.25, 0.3) is 5.91 Å². The highest BCUT2D eigenvalue weighted by molar-refractivity contribution is 7.89. The minimum atomic E-state index is -3.77. The molecule has 0 saturated carbocycles. The summed E-state index contributed by atoms with van der Waals surface area (Å²) in [6.45, 7) is 2.45. The molecule has 4 rings (SSSR count). The maximum absolute atomic E-state index is 13.5. The maximum Gasteiger partial charge on any atom is 0.257 e. The SMILES string of the molecule is CC(c1ccc(S(N)(=O)=O)cc1)N(C)C(=O)c1cn(Cc2ccccc2)nc1-c1cccs1. The van der Waals surface area contributed by atoms with E-state index in [2.05, 4.69) is 0 Å². The number of primary sulfonamides is 1. The van der Waals surface area contributed by atoms with Gasteiger partial charge in [-0.1, -0.05) is 48.5 Å². The van der Waals surface area contributed by atoms with Crippen LogP contribution in [0.2, 0.25) is 0 Å². The summed E-state index contributed by atoms with van der Waals surface area (Å²) in [5.41, 5.74) is 3.06. The van der Waals surface area contributed by atoms with Gasteiger partial charge < -0.3 is 4.90 Å². The molecule has 2 N–H and O–H groups in total. The van der Waals surface area contributed by atoms with Crippen molar-refractivity contribution in [2.24, 2.45) is 5.14 Å². The van der Waals surface area contributed by atoms with E-state index in [1.165, 1.54) is 23.5 Å². The van der Waals surface area contributed by atoms with E-state index in [0.717, 1.165) is 16.0 Å². The van der Waals surface area contributed by atoms with Gasteiger partial charge in [0.15, 0.2) is 0 Å². The van der Waals surface area contributed by atoms with Crippen molar-refractivity contribution < 1.29 is 13.2 Å². The first-order valence-electron chi connectivity index (χ1n) is 10.3. The molecular formula is C24H24N4O3S2. The number of hydrogen-bond acceptors (Lipinski definition) is 5. The van der Waals surface area contributed by atoms with Gasteiger partial charge in [-0.05, 0) is 41.6 Å². The minimum Gasteiger partial charge on any atom is -0.335 e. The lowest BCUT2D eigenvalue weighted by Crippen LogP contribution is -2.29. The number of benzene rings is 2. The zero-order chi connectivity index (χ0) is 23.6. The van der Waals surface area contributed by atoms with Crippen molar-refractivity contribution in [1.82, 2.24) is 14.7 Å². The summed E-state index contributed by atoms with van der Waals surface area (Å²) < 4.78 is 24.8. The number of aromatic nitrogens is 2. The van der Waals surface area contributed by atoms with Crippen molar-refractivity contribution in [1.29, 1.82) is 0 Å². The van der Waals surface area contributed by atoms with Crippen LogP contribution in [0.1, 0.15) is 34.5 Å². The Morgan fingerprint density at radius 2 is 1.79 bits per heavy atom. The van der Waals surface area contributed by atoms with E-state index < -0.39 is 10.0 Å². The molecule has 1 atom stereocenters. The lowest BCUT2D eigenvalue weighted by Gasteiger charge is -2.25. The molecule has 0 radical (unpaired) electrons. The molecule has 9 heteroatoms. The second kappa shape index (κ2) is 9.30. The first kappa shape index (κ1) is 22.9. The Balaban J connectivity index is 1.63. The first-order chi connectivity index (χ1) is 15.7. The standard InChI is InChI=1S/C24H24N4O3S2/c1-17(19-10-12-20(13-11-19)33(25,30)31)27(2)24(29)21-16-28(15-18-7-4-3-5-8-18)26-23(21)22-9-6-14-32-22/h3-14,16-17H,15H2,1-2H3,(H2,25,30,31). The van der Waals surface area contributed by atoms with Crippen molar-refractivity contribution in [3.05, 3.63) is 95.0 Å². The van der Waals surface area contributed by atoms with Crippen LogP contribution in [0.4, 0.5) is 0 Å². The van der Waals surface area contributed by atoms with Gasteiger partial charge in [0, 0.05) is 13.2 Å². The van der Waals surface area contributed by atoms with Crippen molar-refractivity contribution in [3.8, 4) is 10.6 Å². The quantitative estimate of drug-likeness (QED) is 0.430. The number of hydrogen-bond donors (Lipinski definition) is 1. The van der Waals surface area contributed by atoms with E-state index in [9.17, 15) is 13.2 Å². The predicted molar refractivity (Wildman–Crippen MR) is 129 cm³/mol. The van der Waals surface area contributed by atoms with Crippen LogP contribution in [0.15, 0.2) is 83.2 Å². The Morgan fingerprint density at radius 1 is 1.09 bits per heavy atom. The Kier molecular flexibility index (Phi) is 6.46. The Morgan fingerprint density at radius 3 is 2.39 bits per heavy atom. The lowest BCUT2D eigenvalue weighted by atomic mass is 10.1. The van der Waals surface area contributed by atoms with Crippen molar-refractivity contribution in [2.45, 2.75) is 24.4 Å². The van der Waals surface area contributed by atoms with E-state index in [4.69, 9.17) is 10.2 Å². The van der Waals surface area contributed by atoms with Crippen LogP contribution in [0, 0.1) is 0 Å². The molecule has 4 aromatic rings. The number of sulfonamides is 1. The molecule has 0 fully saturated rings. The molecule has 1 unspecified atom stereocenters. The summed E-state index contributed by atoms with van der Waals surface area (Å²) in [6.07, 6.45) is 1.79. The largest absolute Gasteiger partial charge is 0.335 e. The van der Waals surface area contributed by atoms with Crippen molar-refractivity contribution >= 4 is 27.3 Å². The molecule has 1 amide bonds. The number of rotatable bonds is 7. The van der Waals surface area contributed by atoms with Crippen LogP contribution < -0.4 is 5.14 Å². The second-order valence-electron chi connectivity index (χ2n) is 7.76. The monoisotopic (exact) mass is 480 g/mol. The highest BCUT2D eigenvalue weighted by Crippen LogP contribution is 2.30. The molecule has 2 aromatic carbocycles. The fraction of sp³-hybridized carbons (Fsp3) is 0.167. The molecular weight excluding hydrogens is 456 g/mol. The van der Waals surface area contributed by atoms with Crippen LogP contribution in [0.25, 0.3) is 10.6 Å². The summed E-state index contributed by atoms with van der Waals surface area (Å²) in [5.74, 6) is -0.166. The summed E-state index contributed by atoms with van der Waals surface area (Å²) in [4.78, 5) is 16.1. The minimum absolute atomic E-state index is 0.0367. The van der Waals surface area contributed by atoms with Gasteiger partial charge in [-0.2, -0.15) is 5.10 Å². The molecule has 33 heavy (non-hydrogen) atoms. The van der Waals surface area contributed by atoms with E-state index >= 15 is 0 Å². The van der Waals surface area contributed by atoms with Gasteiger partial charge in [0.1, 0.15) is 5.69 Å².